The fourth-order valence-corrected chi connectivity index (χ4v) is 1.96. The van der Waals surface area contributed by atoms with Crippen molar-refractivity contribution in [2.75, 3.05) is 6.54 Å². The van der Waals surface area contributed by atoms with Crippen LogP contribution >= 0.6 is 0 Å². The lowest BCUT2D eigenvalue weighted by atomic mass is 9.94. The van der Waals surface area contributed by atoms with E-state index in [2.05, 4.69) is 13.8 Å². The molecule has 18 heavy (non-hydrogen) atoms. The van der Waals surface area contributed by atoms with Crippen LogP contribution in [0.5, 0.6) is 0 Å². The zero-order valence-corrected chi connectivity index (χ0v) is 11.3. The third-order valence-electron chi connectivity index (χ3n) is 2.84. The molecule has 0 bridgehead atoms. The second-order valence-corrected chi connectivity index (χ2v) is 5.08. The molecule has 0 aliphatic rings. The molecule has 1 aromatic rings. The summed E-state index contributed by atoms with van der Waals surface area (Å²) in [6, 6.07) is 9.71. The molecule has 0 spiro atoms. The molecule has 1 rings (SSSR count). The van der Waals surface area contributed by atoms with Crippen molar-refractivity contribution in [3.05, 3.63) is 35.9 Å². The Morgan fingerprint density at radius 1 is 1.28 bits per heavy atom. The first kappa shape index (κ1) is 14.7. The third-order valence-corrected chi connectivity index (χ3v) is 2.84. The van der Waals surface area contributed by atoms with Crippen molar-refractivity contribution in [3.8, 4) is 0 Å². The SMILES string of the molecule is CC(C)CC(CN)CC(=O)OCc1ccccc1. The number of carbonyl (C=O) groups is 1. The summed E-state index contributed by atoms with van der Waals surface area (Å²) >= 11 is 0. The van der Waals surface area contributed by atoms with Crippen LogP contribution in [0.4, 0.5) is 0 Å². The third kappa shape index (κ3) is 5.82. The molecule has 0 saturated carbocycles. The van der Waals surface area contributed by atoms with Crippen LogP contribution in [0.25, 0.3) is 0 Å². The van der Waals surface area contributed by atoms with Gasteiger partial charge in [-0.05, 0) is 30.4 Å². The Morgan fingerprint density at radius 2 is 1.94 bits per heavy atom. The fourth-order valence-electron chi connectivity index (χ4n) is 1.96. The first-order valence-electron chi connectivity index (χ1n) is 6.51. The number of ether oxygens (including phenoxy) is 1. The van der Waals surface area contributed by atoms with Crippen LogP contribution in [-0.2, 0) is 16.1 Å². The van der Waals surface area contributed by atoms with Gasteiger partial charge in [0.15, 0.2) is 0 Å². The van der Waals surface area contributed by atoms with Gasteiger partial charge in [0, 0.05) is 6.42 Å². The molecule has 0 aliphatic carbocycles. The highest BCUT2D eigenvalue weighted by atomic mass is 16.5. The van der Waals surface area contributed by atoms with E-state index >= 15 is 0 Å². The van der Waals surface area contributed by atoms with E-state index in [9.17, 15) is 4.79 Å². The molecular formula is C15H23NO2. The molecule has 3 nitrogen and oxygen atoms in total. The Balaban J connectivity index is 2.32. The Bertz CT molecular complexity index is 349. The van der Waals surface area contributed by atoms with Crippen molar-refractivity contribution < 1.29 is 9.53 Å². The van der Waals surface area contributed by atoms with Gasteiger partial charge in [-0.15, -0.1) is 0 Å². The summed E-state index contributed by atoms with van der Waals surface area (Å²) in [6.45, 7) is 5.16. The summed E-state index contributed by atoms with van der Waals surface area (Å²) in [7, 11) is 0. The van der Waals surface area contributed by atoms with E-state index in [1.54, 1.807) is 0 Å². The van der Waals surface area contributed by atoms with Gasteiger partial charge in [0.05, 0.1) is 0 Å². The van der Waals surface area contributed by atoms with Gasteiger partial charge in [0.25, 0.3) is 0 Å². The van der Waals surface area contributed by atoms with Crippen LogP contribution in [0.2, 0.25) is 0 Å². The molecule has 0 aromatic heterocycles. The maximum atomic E-state index is 11.7. The maximum absolute atomic E-state index is 11.7. The zero-order chi connectivity index (χ0) is 13.4. The minimum absolute atomic E-state index is 0.157. The number of rotatable bonds is 7. The zero-order valence-electron chi connectivity index (χ0n) is 11.3. The van der Waals surface area contributed by atoms with E-state index in [-0.39, 0.29) is 11.9 Å². The topological polar surface area (TPSA) is 52.3 Å². The number of nitrogens with two attached hydrogens (primary N) is 1. The molecule has 1 atom stereocenters. The van der Waals surface area contributed by atoms with Gasteiger partial charge in [0.2, 0.25) is 0 Å². The average Bonchev–Trinajstić information content (AvgIpc) is 2.36. The first-order chi connectivity index (χ1) is 8.61. The molecule has 0 saturated heterocycles. The van der Waals surface area contributed by atoms with Crippen LogP contribution in [0.15, 0.2) is 30.3 Å². The minimum Gasteiger partial charge on any atom is -0.461 e. The molecule has 0 aliphatic heterocycles. The predicted octanol–water partition coefficient (Wildman–Crippen LogP) is 2.74. The maximum Gasteiger partial charge on any atom is 0.306 e. The van der Waals surface area contributed by atoms with E-state index in [1.807, 2.05) is 30.3 Å². The van der Waals surface area contributed by atoms with Crippen LogP contribution in [0.1, 0.15) is 32.3 Å². The second kappa shape index (κ2) is 7.88. The van der Waals surface area contributed by atoms with Crippen LogP contribution in [0.3, 0.4) is 0 Å². The van der Waals surface area contributed by atoms with Gasteiger partial charge in [-0.1, -0.05) is 44.2 Å². The van der Waals surface area contributed by atoms with Gasteiger partial charge in [-0.2, -0.15) is 0 Å². The number of benzene rings is 1. The van der Waals surface area contributed by atoms with Gasteiger partial charge in [-0.25, -0.2) is 0 Å². The Labute approximate surface area is 109 Å². The molecule has 0 fully saturated rings. The largest absolute Gasteiger partial charge is 0.461 e. The molecular weight excluding hydrogens is 226 g/mol. The van der Waals surface area contributed by atoms with Crippen LogP contribution in [0, 0.1) is 11.8 Å². The number of hydrogen-bond donors (Lipinski definition) is 1. The molecule has 2 N–H and O–H groups in total. The lowest BCUT2D eigenvalue weighted by Crippen LogP contribution is -2.21. The average molecular weight is 249 g/mol. The Morgan fingerprint density at radius 3 is 2.50 bits per heavy atom. The van der Waals surface area contributed by atoms with E-state index < -0.39 is 0 Å². The summed E-state index contributed by atoms with van der Waals surface area (Å²) in [5.74, 6) is 0.628. The lowest BCUT2D eigenvalue weighted by Gasteiger charge is -2.16. The second-order valence-electron chi connectivity index (χ2n) is 5.08. The number of carbonyl (C=O) groups excluding carboxylic acids is 1. The molecule has 1 unspecified atom stereocenters. The molecule has 1 aromatic carbocycles. The summed E-state index contributed by atoms with van der Waals surface area (Å²) in [5, 5.41) is 0. The Hall–Kier alpha value is -1.35. The summed E-state index contributed by atoms with van der Waals surface area (Å²) in [5.41, 5.74) is 6.68. The highest BCUT2D eigenvalue weighted by Gasteiger charge is 2.15. The quantitative estimate of drug-likeness (QED) is 0.756. The van der Waals surface area contributed by atoms with Crippen LogP contribution < -0.4 is 5.73 Å². The highest BCUT2D eigenvalue weighted by molar-refractivity contribution is 5.69. The standard InChI is InChI=1S/C15H23NO2/c1-12(2)8-14(10-16)9-15(17)18-11-13-6-4-3-5-7-13/h3-7,12,14H,8-11,16H2,1-2H3. The van der Waals surface area contributed by atoms with E-state index in [0.717, 1.165) is 12.0 Å². The van der Waals surface area contributed by atoms with Gasteiger partial charge in [-0.3, -0.25) is 4.79 Å². The van der Waals surface area contributed by atoms with Gasteiger partial charge >= 0.3 is 5.97 Å². The molecule has 0 amide bonds. The summed E-state index contributed by atoms with van der Waals surface area (Å²) < 4.78 is 5.25. The van der Waals surface area contributed by atoms with Crippen molar-refractivity contribution in [2.45, 2.75) is 33.3 Å². The smallest absolute Gasteiger partial charge is 0.306 e. The van der Waals surface area contributed by atoms with E-state index in [1.165, 1.54) is 0 Å². The normalized spacial score (nSPS) is 12.4. The van der Waals surface area contributed by atoms with Crippen molar-refractivity contribution in [1.29, 1.82) is 0 Å². The van der Waals surface area contributed by atoms with Gasteiger partial charge < -0.3 is 10.5 Å². The van der Waals surface area contributed by atoms with Crippen molar-refractivity contribution >= 4 is 5.97 Å². The lowest BCUT2D eigenvalue weighted by molar-refractivity contribution is -0.146. The van der Waals surface area contributed by atoms with Crippen molar-refractivity contribution in [3.63, 3.8) is 0 Å². The monoisotopic (exact) mass is 249 g/mol. The van der Waals surface area contributed by atoms with E-state index in [4.69, 9.17) is 10.5 Å². The van der Waals surface area contributed by atoms with E-state index in [0.29, 0.717) is 25.5 Å². The van der Waals surface area contributed by atoms with Crippen molar-refractivity contribution in [1.82, 2.24) is 0 Å². The predicted molar refractivity (Wildman–Crippen MR) is 72.9 cm³/mol. The fraction of sp³-hybridized carbons (Fsp3) is 0.533. The summed E-state index contributed by atoms with van der Waals surface area (Å²) in [4.78, 5) is 11.7. The molecule has 100 valence electrons. The van der Waals surface area contributed by atoms with Crippen molar-refractivity contribution in [2.24, 2.45) is 17.6 Å². The van der Waals surface area contributed by atoms with Gasteiger partial charge in [0.1, 0.15) is 6.61 Å². The molecule has 0 heterocycles. The Kier molecular flexibility index (Phi) is 6.44. The number of esters is 1. The summed E-state index contributed by atoms with van der Waals surface area (Å²) in [6.07, 6.45) is 1.39. The molecule has 0 radical (unpaired) electrons. The van der Waals surface area contributed by atoms with Crippen LogP contribution in [-0.4, -0.2) is 12.5 Å². The number of hydrogen-bond acceptors (Lipinski definition) is 3. The minimum atomic E-state index is -0.157. The first-order valence-corrected chi connectivity index (χ1v) is 6.51. The molecule has 3 heteroatoms. The highest BCUT2D eigenvalue weighted by Crippen LogP contribution is 2.15.